The van der Waals surface area contributed by atoms with E-state index in [1.54, 1.807) is 4.90 Å². The van der Waals surface area contributed by atoms with Crippen LogP contribution < -0.4 is 4.90 Å². The fourth-order valence-corrected chi connectivity index (χ4v) is 3.35. The molecular weight excluding hydrogens is 322 g/mol. The van der Waals surface area contributed by atoms with Crippen molar-refractivity contribution in [2.24, 2.45) is 0 Å². The van der Waals surface area contributed by atoms with Crippen LogP contribution in [0.1, 0.15) is 27.5 Å². The Labute approximate surface area is 144 Å². The van der Waals surface area contributed by atoms with Crippen molar-refractivity contribution >= 4 is 23.2 Å². The second-order valence-electron chi connectivity index (χ2n) is 5.66. The molecule has 0 radical (unpaired) electrons. The summed E-state index contributed by atoms with van der Waals surface area (Å²) in [6.45, 7) is 0.572. The van der Waals surface area contributed by atoms with E-state index in [1.165, 1.54) is 18.1 Å². The van der Waals surface area contributed by atoms with E-state index in [9.17, 15) is 4.79 Å². The molecule has 1 aliphatic heterocycles. The molecule has 2 heterocycles. The number of benzene rings is 2. The zero-order chi connectivity index (χ0) is 16.5. The van der Waals surface area contributed by atoms with Crippen LogP contribution in [0.2, 0.25) is 5.02 Å². The zero-order valence-corrected chi connectivity index (χ0v) is 13.5. The molecule has 0 saturated carbocycles. The van der Waals surface area contributed by atoms with E-state index in [4.69, 9.17) is 11.6 Å². The second-order valence-corrected chi connectivity index (χ2v) is 6.06. The molecule has 0 spiro atoms. The van der Waals surface area contributed by atoms with Crippen molar-refractivity contribution in [1.29, 1.82) is 0 Å². The lowest BCUT2D eigenvalue weighted by Gasteiger charge is -2.18. The number of hydrogen-bond acceptors (Lipinski definition) is 3. The summed E-state index contributed by atoms with van der Waals surface area (Å²) < 4.78 is 0. The number of fused-ring (bicyclic) bond motifs is 1. The Balaban J connectivity index is 1.76. The Morgan fingerprint density at radius 1 is 1.08 bits per heavy atom. The third-order valence-corrected chi connectivity index (χ3v) is 4.56. The molecule has 4 rings (SSSR count). The van der Waals surface area contributed by atoms with Crippen molar-refractivity contribution in [3.8, 4) is 0 Å². The second kappa shape index (κ2) is 6.06. The molecule has 0 N–H and O–H groups in total. The molecule has 1 atom stereocenters. The molecule has 1 aliphatic rings. The molecule has 0 bridgehead atoms. The van der Waals surface area contributed by atoms with Crippen LogP contribution in [-0.4, -0.2) is 22.4 Å². The first-order valence-electron chi connectivity index (χ1n) is 7.67. The van der Waals surface area contributed by atoms with Gasteiger partial charge in [0, 0.05) is 24.3 Å². The quantitative estimate of drug-likeness (QED) is 0.713. The number of hydrogen-bond donors (Lipinski definition) is 0. The largest absolute Gasteiger partial charge is 0.306 e. The minimum Gasteiger partial charge on any atom is -0.306 e. The monoisotopic (exact) mass is 335 g/mol. The van der Waals surface area contributed by atoms with Gasteiger partial charge in [0.1, 0.15) is 6.33 Å². The van der Waals surface area contributed by atoms with Crippen LogP contribution in [0.15, 0.2) is 67.1 Å². The van der Waals surface area contributed by atoms with Gasteiger partial charge in [-0.05, 0) is 17.2 Å². The molecule has 3 aromatic rings. The van der Waals surface area contributed by atoms with Gasteiger partial charge >= 0.3 is 0 Å². The van der Waals surface area contributed by atoms with E-state index >= 15 is 0 Å². The Morgan fingerprint density at radius 3 is 2.62 bits per heavy atom. The minimum atomic E-state index is -0.201. The molecule has 1 amide bonds. The molecule has 0 aliphatic carbocycles. The van der Waals surface area contributed by atoms with Gasteiger partial charge in [-0.1, -0.05) is 60.1 Å². The summed E-state index contributed by atoms with van der Waals surface area (Å²) >= 11 is 6.11. The number of carbonyl (C=O) groups excluding carboxylic acids is 1. The summed E-state index contributed by atoms with van der Waals surface area (Å²) in [5.41, 5.74) is 3.47. The van der Waals surface area contributed by atoms with Gasteiger partial charge in [-0.25, -0.2) is 9.97 Å². The molecule has 4 nitrogen and oxygen atoms in total. The minimum absolute atomic E-state index is 0.145. The number of aromatic nitrogens is 2. The molecular formula is C19H14ClN3O. The van der Waals surface area contributed by atoms with Gasteiger partial charge in [0.15, 0.2) is 5.69 Å². The summed E-state index contributed by atoms with van der Waals surface area (Å²) in [4.78, 5) is 22.6. The first-order chi connectivity index (χ1) is 11.8. The Bertz CT molecular complexity index is 898. The third-order valence-electron chi connectivity index (χ3n) is 4.29. The normalized spacial score (nSPS) is 16.0. The highest BCUT2D eigenvalue weighted by Gasteiger charge is 2.34. The van der Waals surface area contributed by atoms with Gasteiger partial charge in [-0.3, -0.25) is 4.79 Å². The fourth-order valence-electron chi connectivity index (χ4n) is 3.17. The Morgan fingerprint density at radius 2 is 1.83 bits per heavy atom. The van der Waals surface area contributed by atoms with Gasteiger partial charge in [0.05, 0.1) is 5.02 Å². The van der Waals surface area contributed by atoms with Gasteiger partial charge in [0.2, 0.25) is 0 Å². The van der Waals surface area contributed by atoms with Crippen LogP contribution in [-0.2, 0) is 0 Å². The lowest BCUT2D eigenvalue weighted by molar-refractivity contribution is 0.0984. The van der Waals surface area contributed by atoms with Crippen LogP contribution in [0.4, 0.5) is 5.69 Å². The van der Waals surface area contributed by atoms with Crippen LogP contribution >= 0.6 is 11.6 Å². The summed E-state index contributed by atoms with van der Waals surface area (Å²) in [6.07, 6.45) is 2.79. The highest BCUT2D eigenvalue weighted by atomic mass is 35.5. The van der Waals surface area contributed by atoms with Crippen LogP contribution in [0.5, 0.6) is 0 Å². The predicted molar refractivity (Wildman–Crippen MR) is 93.4 cm³/mol. The molecule has 24 heavy (non-hydrogen) atoms. The number of halogens is 1. The van der Waals surface area contributed by atoms with Crippen molar-refractivity contribution in [1.82, 2.24) is 9.97 Å². The van der Waals surface area contributed by atoms with E-state index in [-0.39, 0.29) is 22.5 Å². The number of para-hydroxylation sites is 1. The molecule has 1 aromatic heterocycles. The van der Waals surface area contributed by atoms with E-state index in [2.05, 4.69) is 28.2 Å². The van der Waals surface area contributed by atoms with Crippen LogP contribution in [0.3, 0.4) is 0 Å². The standard InChI is InChI=1S/C19H14ClN3O/c20-16-10-21-12-22-18(16)19(24)23-11-15(13-6-2-1-3-7-13)14-8-4-5-9-17(14)23/h1-10,12,15H,11H2/t15-/m1/s1. The average molecular weight is 336 g/mol. The fraction of sp³-hybridized carbons (Fsp3) is 0.105. The smallest absolute Gasteiger partial charge is 0.278 e. The number of nitrogens with zero attached hydrogens (tertiary/aromatic N) is 3. The zero-order valence-electron chi connectivity index (χ0n) is 12.8. The number of anilines is 1. The maximum atomic E-state index is 13.0. The summed E-state index contributed by atoms with van der Waals surface area (Å²) in [5, 5.41) is 0.267. The first-order valence-corrected chi connectivity index (χ1v) is 8.05. The lowest BCUT2D eigenvalue weighted by Crippen LogP contribution is -2.31. The topological polar surface area (TPSA) is 46.1 Å². The van der Waals surface area contributed by atoms with E-state index in [0.29, 0.717) is 6.54 Å². The molecule has 2 aromatic carbocycles. The molecule has 0 unspecified atom stereocenters. The van der Waals surface area contributed by atoms with E-state index < -0.39 is 0 Å². The molecule has 0 fully saturated rings. The first kappa shape index (κ1) is 14.8. The van der Waals surface area contributed by atoms with Crippen LogP contribution in [0.25, 0.3) is 0 Å². The van der Waals surface area contributed by atoms with Crippen molar-refractivity contribution in [3.63, 3.8) is 0 Å². The third kappa shape index (κ3) is 2.45. The number of carbonyl (C=O) groups is 1. The highest BCUT2D eigenvalue weighted by molar-refractivity contribution is 6.34. The maximum absolute atomic E-state index is 13.0. The predicted octanol–water partition coefficient (Wildman–Crippen LogP) is 3.92. The molecule has 5 heteroatoms. The maximum Gasteiger partial charge on any atom is 0.278 e. The summed E-state index contributed by atoms with van der Waals surface area (Å²) in [7, 11) is 0. The van der Waals surface area contributed by atoms with Gasteiger partial charge in [0.25, 0.3) is 5.91 Å². The average Bonchev–Trinajstić information content (AvgIpc) is 3.02. The van der Waals surface area contributed by atoms with E-state index in [1.807, 2.05) is 36.4 Å². The van der Waals surface area contributed by atoms with Crippen molar-refractivity contribution in [2.45, 2.75) is 5.92 Å². The van der Waals surface area contributed by atoms with Gasteiger partial charge < -0.3 is 4.90 Å². The Kier molecular flexibility index (Phi) is 3.75. The van der Waals surface area contributed by atoms with Gasteiger partial charge in [-0.15, -0.1) is 0 Å². The summed E-state index contributed by atoms with van der Waals surface area (Å²) in [6, 6.07) is 18.2. The van der Waals surface area contributed by atoms with Crippen molar-refractivity contribution < 1.29 is 4.79 Å². The lowest BCUT2D eigenvalue weighted by atomic mass is 9.93. The summed E-state index contributed by atoms with van der Waals surface area (Å²) in [5.74, 6) is -0.0553. The van der Waals surface area contributed by atoms with Gasteiger partial charge in [-0.2, -0.15) is 0 Å². The number of rotatable bonds is 2. The number of amides is 1. The molecule has 118 valence electrons. The van der Waals surface area contributed by atoms with E-state index in [0.717, 1.165) is 11.3 Å². The van der Waals surface area contributed by atoms with Crippen molar-refractivity contribution in [2.75, 3.05) is 11.4 Å². The highest BCUT2D eigenvalue weighted by Crippen LogP contribution is 2.40. The molecule has 0 saturated heterocycles. The van der Waals surface area contributed by atoms with Crippen LogP contribution in [0, 0.1) is 0 Å². The van der Waals surface area contributed by atoms with Crippen molar-refractivity contribution in [3.05, 3.63) is 89.0 Å². The Hall–Kier alpha value is -2.72. The SMILES string of the molecule is O=C(c1ncncc1Cl)N1C[C@H](c2ccccc2)c2ccccc21.